The van der Waals surface area contributed by atoms with Crippen LogP contribution < -0.4 is 5.73 Å². The molecule has 0 aromatic heterocycles. The smallest absolute Gasteiger partial charge is 0.398 e. The van der Waals surface area contributed by atoms with Crippen molar-refractivity contribution in [3.63, 3.8) is 0 Å². The molecule has 0 bridgehead atoms. The molecule has 2 nitrogen and oxygen atoms in total. The molecule has 0 aliphatic rings. The van der Waals surface area contributed by atoms with Crippen LogP contribution in [0.5, 0.6) is 0 Å². The van der Waals surface area contributed by atoms with Crippen LogP contribution in [0.4, 0.5) is 18.9 Å². The standard InChI is InChI=1S/C9H9ClF3NOS2/c10-6-2-1-3-7(14)8(6)17(15)5-4-16-9(11,12)13/h1-3H,4-5,14H2. The second-order valence-electron chi connectivity index (χ2n) is 3.00. The molecular weight excluding hydrogens is 295 g/mol. The molecule has 1 rings (SSSR count). The van der Waals surface area contributed by atoms with Crippen LogP contribution in [0.1, 0.15) is 0 Å². The molecule has 0 amide bonds. The Kier molecular flexibility index (Phi) is 5.15. The van der Waals surface area contributed by atoms with E-state index in [2.05, 4.69) is 0 Å². The second-order valence-corrected chi connectivity index (χ2v) is 6.08. The van der Waals surface area contributed by atoms with Gasteiger partial charge in [0.2, 0.25) is 0 Å². The molecule has 0 radical (unpaired) electrons. The van der Waals surface area contributed by atoms with E-state index < -0.39 is 16.3 Å². The van der Waals surface area contributed by atoms with Crippen LogP contribution in [0.2, 0.25) is 5.02 Å². The predicted molar refractivity (Wildman–Crippen MR) is 65.7 cm³/mol. The quantitative estimate of drug-likeness (QED) is 0.868. The summed E-state index contributed by atoms with van der Waals surface area (Å²) in [4.78, 5) is 0.206. The third-order valence-electron chi connectivity index (χ3n) is 1.76. The van der Waals surface area contributed by atoms with Crippen molar-refractivity contribution in [3.8, 4) is 0 Å². The van der Waals surface area contributed by atoms with Crippen molar-refractivity contribution in [2.24, 2.45) is 0 Å². The third-order valence-corrected chi connectivity index (χ3v) is 4.67. The average molecular weight is 304 g/mol. The zero-order chi connectivity index (χ0) is 13.1. The van der Waals surface area contributed by atoms with Crippen molar-refractivity contribution < 1.29 is 17.4 Å². The van der Waals surface area contributed by atoms with E-state index in [1.807, 2.05) is 0 Å². The molecule has 8 heteroatoms. The Morgan fingerprint density at radius 3 is 2.59 bits per heavy atom. The Morgan fingerprint density at radius 2 is 2.06 bits per heavy atom. The molecule has 0 heterocycles. The van der Waals surface area contributed by atoms with E-state index in [4.69, 9.17) is 17.3 Å². The van der Waals surface area contributed by atoms with Gasteiger partial charge in [0.15, 0.2) is 0 Å². The minimum Gasteiger partial charge on any atom is -0.398 e. The van der Waals surface area contributed by atoms with Gasteiger partial charge >= 0.3 is 5.51 Å². The van der Waals surface area contributed by atoms with Crippen LogP contribution in [-0.4, -0.2) is 21.2 Å². The van der Waals surface area contributed by atoms with Crippen molar-refractivity contribution >= 4 is 39.8 Å². The molecular formula is C9H9ClF3NOS2. The van der Waals surface area contributed by atoms with Crippen molar-refractivity contribution in [1.29, 1.82) is 0 Å². The highest BCUT2D eigenvalue weighted by atomic mass is 35.5. The molecule has 0 saturated heterocycles. The normalized spacial score (nSPS) is 13.6. The monoisotopic (exact) mass is 303 g/mol. The van der Waals surface area contributed by atoms with Crippen molar-refractivity contribution in [2.75, 3.05) is 17.2 Å². The highest BCUT2D eigenvalue weighted by molar-refractivity contribution is 8.00. The van der Waals surface area contributed by atoms with Gasteiger partial charge in [-0.3, -0.25) is 4.21 Å². The lowest BCUT2D eigenvalue weighted by atomic mass is 10.3. The zero-order valence-electron chi connectivity index (χ0n) is 8.46. The summed E-state index contributed by atoms with van der Waals surface area (Å²) in [6.07, 6.45) is 0. The SMILES string of the molecule is Nc1cccc(Cl)c1S(=O)CCSC(F)(F)F. The van der Waals surface area contributed by atoms with Crippen LogP contribution in [0.15, 0.2) is 23.1 Å². The maximum absolute atomic E-state index is 11.9. The Balaban J connectivity index is 2.65. The van der Waals surface area contributed by atoms with Gasteiger partial charge in [-0.1, -0.05) is 29.4 Å². The fourth-order valence-corrected chi connectivity index (χ4v) is 3.53. The number of thioether (sulfide) groups is 1. The van der Waals surface area contributed by atoms with Gasteiger partial charge in [-0.2, -0.15) is 13.2 Å². The maximum atomic E-state index is 11.9. The lowest BCUT2D eigenvalue weighted by Crippen LogP contribution is -2.09. The summed E-state index contributed by atoms with van der Waals surface area (Å²) in [5.74, 6) is -0.432. The molecule has 0 aliphatic heterocycles. The van der Waals surface area contributed by atoms with E-state index >= 15 is 0 Å². The van der Waals surface area contributed by atoms with Crippen molar-refractivity contribution in [2.45, 2.75) is 10.4 Å². The van der Waals surface area contributed by atoms with Gasteiger partial charge in [0.1, 0.15) is 0 Å². The first-order valence-corrected chi connectivity index (χ1v) is 7.12. The molecule has 17 heavy (non-hydrogen) atoms. The number of hydrogen-bond acceptors (Lipinski definition) is 3. The van der Waals surface area contributed by atoms with Gasteiger partial charge < -0.3 is 5.73 Å². The average Bonchev–Trinajstić information content (AvgIpc) is 2.15. The van der Waals surface area contributed by atoms with Crippen LogP contribution >= 0.6 is 23.4 Å². The first-order valence-electron chi connectivity index (χ1n) is 4.44. The number of anilines is 1. The van der Waals surface area contributed by atoms with Crippen LogP contribution in [0.3, 0.4) is 0 Å². The summed E-state index contributed by atoms with van der Waals surface area (Å²) in [5, 5.41) is 0.209. The summed E-state index contributed by atoms with van der Waals surface area (Å²) in [5.41, 5.74) is 1.49. The predicted octanol–water partition coefficient (Wildman–Crippen LogP) is 3.28. The third kappa shape index (κ3) is 4.77. The minimum absolute atomic E-state index is 0.141. The van der Waals surface area contributed by atoms with E-state index in [-0.39, 0.29) is 38.9 Å². The number of alkyl halides is 3. The molecule has 1 aromatic rings. The Labute approximate surface area is 108 Å². The van der Waals surface area contributed by atoms with Gasteiger partial charge in [0.25, 0.3) is 0 Å². The van der Waals surface area contributed by atoms with E-state index in [0.717, 1.165) is 0 Å². The van der Waals surface area contributed by atoms with E-state index in [9.17, 15) is 17.4 Å². The van der Waals surface area contributed by atoms with E-state index in [1.54, 1.807) is 6.07 Å². The fourth-order valence-electron chi connectivity index (χ4n) is 1.10. The highest BCUT2D eigenvalue weighted by Gasteiger charge is 2.28. The summed E-state index contributed by atoms with van der Waals surface area (Å²) in [6, 6.07) is 4.60. The number of nitrogen functional groups attached to an aromatic ring is 1. The Bertz CT molecular complexity index is 405. The molecule has 96 valence electrons. The fraction of sp³-hybridized carbons (Fsp3) is 0.333. The Morgan fingerprint density at radius 1 is 1.41 bits per heavy atom. The van der Waals surface area contributed by atoms with E-state index in [0.29, 0.717) is 0 Å². The molecule has 1 atom stereocenters. The molecule has 1 unspecified atom stereocenters. The maximum Gasteiger partial charge on any atom is 0.441 e. The summed E-state index contributed by atoms with van der Waals surface area (Å²) in [7, 11) is -1.62. The van der Waals surface area contributed by atoms with Crippen LogP contribution in [-0.2, 0) is 10.8 Å². The van der Waals surface area contributed by atoms with Crippen molar-refractivity contribution in [1.82, 2.24) is 0 Å². The van der Waals surface area contributed by atoms with Gasteiger partial charge in [-0.25, -0.2) is 0 Å². The molecule has 2 N–H and O–H groups in total. The number of nitrogens with two attached hydrogens (primary N) is 1. The molecule has 0 fully saturated rings. The summed E-state index contributed by atoms with van der Waals surface area (Å²) < 4.78 is 47.4. The van der Waals surface area contributed by atoms with Gasteiger partial charge in [0.05, 0.1) is 20.7 Å². The lowest BCUT2D eigenvalue weighted by Gasteiger charge is -2.08. The van der Waals surface area contributed by atoms with Gasteiger partial charge in [0, 0.05) is 17.2 Å². The van der Waals surface area contributed by atoms with Crippen molar-refractivity contribution in [3.05, 3.63) is 23.2 Å². The summed E-state index contributed by atoms with van der Waals surface area (Å²) in [6.45, 7) is 0. The molecule has 1 aromatic carbocycles. The Hall–Kier alpha value is -0.400. The zero-order valence-corrected chi connectivity index (χ0v) is 10.8. The molecule has 0 saturated carbocycles. The number of hydrogen-bond donors (Lipinski definition) is 1. The second kappa shape index (κ2) is 5.97. The highest BCUT2D eigenvalue weighted by Crippen LogP contribution is 2.31. The first-order chi connectivity index (χ1) is 7.81. The van der Waals surface area contributed by atoms with Crippen LogP contribution in [0.25, 0.3) is 0 Å². The molecule has 0 aliphatic carbocycles. The number of benzene rings is 1. The number of rotatable bonds is 4. The van der Waals surface area contributed by atoms with E-state index in [1.165, 1.54) is 12.1 Å². The first kappa shape index (κ1) is 14.7. The topological polar surface area (TPSA) is 43.1 Å². The van der Waals surface area contributed by atoms with Gasteiger partial charge in [-0.15, -0.1) is 0 Å². The minimum atomic E-state index is -4.31. The van der Waals surface area contributed by atoms with Crippen LogP contribution in [0, 0.1) is 0 Å². The summed E-state index contributed by atoms with van der Waals surface area (Å²) >= 11 is 5.58. The largest absolute Gasteiger partial charge is 0.441 e. The lowest BCUT2D eigenvalue weighted by molar-refractivity contribution is -0.0326. The number of halogens is 4. The van der Waals surface area contributed by atoms with Gasteiger partial charge in [-0.05, 0) is 12.1 Å². The molecule has 0 spiro atoms.